The Morgan fingerprint density at radius 3 is 2.58 bits per heavy atom. The third-order valence-corrected chi connectivity index (χ3v) is 3.46. The molecule has 2 aliphatic carbocycles. The van der Waals surface area contributed by atoms with Crippen LogP contribution in [-0.2, 0) is 0 Å². The van der Waals surface area contributed by atoms with Crippen LogP contribution in [0.4, 0.5) is 0 Å². The van der Waals surface area contributed by atoms with Crippen LogP contribution in [0.3, 0.4) is 0 Å². The first kappa shape index (κ1) is 8.34. The molecular weight excluding hydrogens is 144 g/mol. The summed E-state index contributed by atoms with van der Waals surface area (Å²) in [4.78, 5) is 0. The molecule has 0 aromatic carbocycles. The van der Waals surface area contributed by atoms with Crippen molar-refractivity contribution in [1.82, 2.24) is 0 Å². The first-order valence-corrected chi connectivity index (χ1v) is 5.66. The normalized spacial score (nSPS) is 26.8. The highest BCUT2D eigenvalue weighted by Crippen LogP contribution is 2.35. The summed E-state index contributed by atoms with van der Waals surface area (Å²) >= 11 is 0. The maximum Gasteiger partial charge on any atom is -0.0203 e. The van der Waals surface area contributed by atoms with Gasteiger partial charge < -0.3 is 0 Å². The fourth-order valence-electron chi connectivity index (χ4n) is 2.71. The van der Waals surface area contributed by atoms with Crippen molar-refractivity contribution in [3.8, 4) is 0 Å². The lowest BCUT2D eigenvalue weighted by Crippen LogP contribution is -1.97. The van der Waals surface area contributed by atoms with Gasteiger partial charge in [-0.05, 0) is 44.4 Å². The van der Waals surface area contributed by atoms with Crippen LogP contribution >= 0.6 is 0 Å². The van der Waals surface area contributed by atoms with Crippen LogP contribution in [0, 0.1) is 5.92 Å². The van der Waals surface area contributed by atoms with Crippen molar-refractivity contribution in [3.05, 3.63) is 11.6 Å². The Morgan fingerprint density at radius 1 is 0.917 bits per heavy atom. The molecular formula is C12H20. The molecule has 0 unspecified atom stereocenters. The Hall–Kier alpha value is -0.260. The molecule has 0 aromatic heterocycles. The minimum atomic E-state index is 1.00. The molecule has 0 radical (unpaired) electrons. The van der Waals surface area contributed by atoms with Gasteiger partial charge in [0, 0.05) is 0 Å². The molecule has 0 nitrogen and oxygen atoms in total. The van der Waals surface area contributed by atoms with Gasteiger partial charge in [-0.15, -0.1) is 0 Å². The molecule has 68 valence electrons. The van der Waals surface area contributed by atoms with Crippen LogP contribution in [0.5, 0.6) is 0 Å². The molecule has 0 atom stereocenters. The summed E-state index contributed by atoms with van der Waals surface area (Å²) in [5.74, 6) is 1.00. The predicted molar refractivity (Wildman–Crippen MR) is 53.1 cm³/mol. The summed E-state index contributed by atoms with van der Waals surface area (Å²) in [6, 6.07) is 0. The van der Waals surface area contributed by atoms with Crippen molar-refractivity contribution in [2.75, 3.05) is 0 Å². The lowest BCUT2D eigenvalue weighted by atomic mass is 9.94. The van der Waals surface area contributed by atoms with Crippen LogP contribution in [0.25, 0.3) is 0 Å². The highest BCUT2D eigenvalue weighted by atomic mass is 14.2. The SMILES string of the molecule is C1=C(C2CCCC2)CCCCC1. The summed E-state index contributed by atoms with van der Waals surface area (Å²) in [5, 5.41) is 0. The van der Waals surface area contributed by atoms with Gasteiger partial charge in [0.15, 0.2) is 0 Å². The Morgan fingerprint density at radius 2 is 1.75 bits per heavy atom. The van der Waals surface area contributed by atoms with E-state index in [2.05, 4.69) is 6.08 Å². The molecule has 2 rings (SSSR count). The first-order valence-electron chi connectivity index (χ1n) is 5.66. The zero-order valence-corrected chi connectivity index (χ0v) is 8.02. The van der Waals surface area contributed by atoms with Gasteiger partial charge in [-0.3, -0.25) is 0 Å². The summed E-state index contributed by atoms with van der Waals surface area (Å²) in [7, 11) is 0. The number of rotatable bonds is 1. The Kier molecular flexibility index (Phi) is 2.86. The Bertz CT molecular complexity index is 161. The Balaban J connectivity index is 1.95. The average Bonchev–Trinajstić information content (AvgIpc) is 2.48. The smallest absolute Gasteiger partial charge is 0.0203 e. The van der Waals surface area contributed by atoms with Gasteiger partial charge >= 0.3 is 0 Å². The van der Waals surface area contributed by atoms with Crippen LogP contribution in [0.15, 0.2) is 11.6 Å². The average molecular weight is 164 g/mol. The van der Waals surface area contributed by atoms with Gasteiger partial charge in [-0.2, -0.15) is 0 Å². The quantitative estimate of drug-likeness (QED) is 0.512. The first-order chi connectivity index (χ1) is 5.97. The minimum Gasteiger partial charge on any atom is -0.0851 e. The topological polar surface area (TPSA) is 0 Å². The molecule has 0 aliphatic heterocycles. The van der Waals surface area contributed by atoms with E-state index in [1.165, 1.54) is 57.8 Å². The van der Waals surface area contributed by atoms with Gasteiger partial charge in [-0.1, -0.05) is 30.9 Å². The zero-order chi connectivity index (χ0) is 8.23. The van der Waals surface area contributed by atoms with Gasteiger partial charge in [-0.25, -0.2) is 0 Å². The molecule has 0 aromatic rings. The summed E-state index contributed by atoms with van der Waals surface area (Å²) in [6.07, 6.45) is 15.7. The standard InChI is InChI=1S/C12H20/c1-2-4-8-11(7-3-1)12-9-5-6-10-12/h7,12H,1-6,8-10H2. The predicted octanol–water partition coefficient (Wildman–Crippen LogP) is 4.07. The van der Waals surface area contributed by atoms with Gasteiger partial charge in [0.05, 0.1) is 0 Å². The van der Waals surface area contributed by atoms with Crippen molar-refractivity contribution in [1.29, 1.82) is 0 Å². The van der Waals surface area contributed by atoms with Crippen LogP contribution in [0.2, 0.25) is 0 Å². The zero-order valence-electron chi connectivity index (χ0n) is 8.02. The second-order valence-corrected chi connectivity index (χ2v) is 4.36. The highest BCUT2D eigenvalue weighted by Gasteiger charge is 2.19. The van der Waals surface area contributed by atoms with Crippen LogP contribution in [-0.4, -0.2) is 0 Å². The molecule has 0 N–H and O–H groups in total. The molecule has 0 heteroatoms. The maximum absolute atomic E-state index is 2.56. The fraction of sp³-hybridized carbons (Fsp3) is 0.833. The fourth-order valence-corrected chi connectivity index (χ4v) is 2.71. The van der Waals surface area contributed by atoms with Crippen molar-refractivity contribution < 1.29 is 0 Å². The molecule has 0 bridgehead atoms. The lowest BCUT2D eigenvalue weighted by molar-refractivity contribution is 0.597. The minimum absolute atomic E-state index is 1.00. The van der Waals surface area contributed by atoms with E-state index in [9.17, 15) is 0 Å². The van der Waals surface area contributed by atoms with E-state index in [0.29, 0.717) is 0 Å². The molecule has 2 aliphatic rings. The van der Waals surface area contributed by atoms with E-state index >= 15 is 0 Å². The molecule has 12 heavy (non-hydrogen) atoms. The third kappa shape index (κ3) is 1.91. The third-order valence-electron chi connectivity index (χ3n) is 3.46. The van der Waals surface area contributed by atoms with Crippen LogP contribution < -0.4 is 0 Å². The summed E-state index contributed by atoms with van der Waals surface area (Å²) in [6.45, 7) is 0. The van der Waals surface area contributed by atoms with E-state index in [1.54, 1.807) is 0 Å². The molecule has 0 saturated heterocycles. The van der Waals surface area contributed by atoms with E-state index in [0.717, 1.165) is 5.92 Å². The molecule has 1 fully saturated rings. The molecule has 0 spiro atoms. The van der Waals surface area contributed by atoms with Crippen molar-refractivity contribution in [3.63, 3.8) is 0 Å². The number of allylic oxidation sites excluding steroid dienone is 2. The van der Waals surface area contributed by atoms with E-state index in [-0.39, 0.29) is 0 Å². The lowest BCUT2D eigenvalue weighted by Gasteiger charge is -2.12. The summed E-state index contributed by atoms with van der Waals surface area (Å²) in [5.41, 5.74) is 1.82. The van der Waals surface area contributed by atoms with Crippen LogP contribution in [0.1, 0.15) is 57.8 Å². The van der Waals surface area contributed by atoms with Gasteiger partial charge in [0.1, 0.15) is 0 Å². The van der Waals surface area contributed by atoms with Crippen molar-refractivity contribution in [2.24, 2.45) is 5.92 Å². The molecule has 0 amide bonds. The maximum atomic E-state index is 2.56. The van der Waals surface area contributed by atoms with Crippen molar-refractivity contribution in [2.45, 2.75) is 57.8 Å². The van der Waals surface area contributed by atoms with E-state index in [4.69, 9.17) is 0 Å². The largest absolute Gasteiger partial charge is 0.0851 e. The van der Waals surface area contributed by atoms with Gasteiger partial charge in [0.25, 0.3) is 0 Å². The van der Waals surface area contributed by atoms with E-state index < -0.39 is 0 Å². The highest BCUT2D eigenvalue weighted by molar-refractivity contribution is 5.09. The molecule has 1 saturated carbocycles. The molecule has 0 heterocycles. The summed E-state index contributed by atoms with van der Waals surface area (Å²) < 4.78 is 0. The van der Waals surface area contributed by atoms with Gasteiger partial charge in [0.2, 0.25) is 0 Å². The second-order valence-electron chi connectivity index (χ2n) is 4.36. The van der Waals surface area contributed by atoms with E-state index in [1.807, 2.05) is 5.57 Å². The van der Waals surface area contributed by atoms with Crippen molar-refractivity contribution >= 4 is 0 Å². The monoisotopic (exact) mass is 164 g/mol. The number of hydrogen-bond acceptors (Lipinski definition) is 0. The second kappa shape index (κ2) is 4.11. The Labute approximate surface area is 76.1 Å². The number of hydrogen-bond donors (Lipinski definition) is 0.